The number of carbonyl (C=O) groups is 4. The lowest BCUT2D eigenvalue weighted by Crippen LogP contribution is -2.40. The molecule has 8 heteroatoms. The Bertz CT molecular complexity index is 402. The van der Waals surface area contributed by atoms with Crippen molar-refractivity contribution in [2.24, 2.45) is 23.7 Å². The van der Waals surface area contributed by atoms with Crippen LogP contribution in [0.25, 0.3) is 0 Å². The fourth-order valence-corrected chi connectivity index (χ4v) is 2.09. The third-order valence-corrected chi connectivity index (χ3v) is 3.26. The molecule has 0 rings (SSSR count). The van der Waals surface area contributed by atoms with E-state index in [1.807, 2.05) is 0 Å². The van der Waals surface area contributed by atoms with Crippen molar-refractivity contribution >= 4 is 23.9 Å². The Balaban J connectivity index is 5.46. The van der Waals surface area contributed by atoms with Crippen LogP contribution >= 0.6 is 0 Å². The average Bonchev–Trinajstić information content (AvgIpc) is 2.31. The van der Waals surface area contributed by atoms with Crippen LogP contribution in [0.4, 0.5) is 0 Å². The van der Waals surface area contributed by atoms with E-state index in [-0.39, 0.29) is 6.42 Å². The number of hydrogen-bond acceptors (Lipinski definition) is 4. The van der Waals surface area contributed by atoms with E-state index < -0.39 is 54.0 Å². The molecule has 0 heterocycles. The maximum Gasteiger partial charge on any atom is 0.308 e. The number of carboxylic acid groups (broad SMARTS) is 4. The zero-order valence-corrected chi connectivity index (χ0v) is 11.1. The van der Waals surface area contributed by atoms with E-state index in [0.29, 0.717) is 0 Å². The molecule has 114 valence electrons. The molecule has 0 amide bonds. The summed E-state index contributed by atoms with van der Waals surface area (Å²) >= 11 is 0. The van der Waals surface area contributed by atoms with E-state index in [1.165, 1.54) is 13.8 Å². The monoisotopic (exact) mass is 290 g/mol. The van der Waals surface area contributed by atoms with Crippen LogP contribution in [-0.2, 0) is 19.2 Å². The van der Waals surface area contributed by atoms with E-state index in [4.69, 9.17) is 20.4 Å². The van der Waals surface area contributed by atoms with Gasteiger partial charge in [0.15, 0.2) is 0 Å². The van der Waals surface area contributed by atoms with Crippen LogP contribution in [0.5, 0.6) is 0 Å². The first-order valence-corrected chi connectivity index (χ1v) is 6.04. The zero-order valence-electron chi connectivity index (χ0n) is 11.1. The first-order valence-electron chi connectivity index (χ1n) is 6.04. The Hall–Kier alpha value is -2.12. The van der Waals surface area contributed by atoms with E-state index in [2.05, 4.69) is 0 Å². The van der Waals surface area contributed by atoms with Crippen LogP contribution in [-0.4, -0.2) is 44.3 Å². The van der Waals surface area contributed by atoms with E-state index in [0.717, 1.165) is 0 Å². The van der Waals surface area contributed by atoms with Crippen molar-refractivity contribution in [1.29, 1.82) is 0 Å². The van der Waals surface area contributed by atoms with Gasteiger partial charge in [0.1, 0.15) is 0 Å². The molecule has 4 atom stereocenters. The Morgan fingerprint density at radius 1 is 0.800 bits per heavy atom. The largest absolute Gasteiger partial charge is 0.481 e. The number of rotatable bonds is 9. The number of hydrogen-bond donors (Lipinski definition) is 4. The molecule has 0 saturated carbocycles. The van der Waals surface area contributed by atoms with Gasteiger partial charge in [-0.15, -0.1) is 0 Å². The van der Waals surface area contributed by atoms with Gasteiger partial charge >= 0.3 is 23.9 Å². The second kappa shape index (κ2) is 7.46. The molecule has 0 aliphatic carbocycles. The molecule has 8 nitrogen and oxygen atoms in total. The zero-order chi connectivity index (χ0) is 16.0. The molecule has 0 fully saturated rings. The molecule has 4 unspecified atom stereocenters. The van der Waals surface area contributed by atoms with Crippen LogP contribution in [0.1, 0.15) is 26.7 Å². The third-order valence-electron chi connectivity index (χ3n) is 3.26. The lowest BCUT2D eigenvalue weighted by molar-refractivity contribution is -0.163. The Labute approximate surface area is 115 Å². The van der Waals surface area contributed by atoms with E-state index >= 15 is 0 Å². The highest BCUT2D eigenvalue weighted by Gasteiger charge is 2.43. The molecule has 0 spiro atoms. The van der Waals surface area contributed by atoms with Gasteiger partial charge in [-0.1, -0.05) is 13.8 Å². The van der Waals surface area contributed by atoms with Gasteiger partial charge in [0.05, 0.1) is 23.7 Å². The third kappa shape index (κ3) is 4.52. The molecule has 0 aliphatic heterocycles. The Morgan fingerprint density at radius 2 is 1.25 bits per heavy atom. The maximum absolute atomic E-state index is 11.2. The second-order valence-electron chi connectivity index (χ2n) is 4.64. The molecule has 4 N–H and O–H groups in total. The molecule has 0 aromatic rings. The Kier molecular flexibility index (Phi) is 6.67. The average molecular weight is 290 g/mol. The van der Waals surface area contributed by atoms with Crippen LogP contribution in [0.2, 0.25) is 0 Å². The first kappa shape index (κ1) is 17.9. The summed E-state index contributed by atoms with van der Waals surface area (Å²) < 4.78 is 0. The quantitative estimate of drug-likeness (QED) is 0.482. The van der Waals surface area contributed by atoms with Gasteiger partial charge in [0.2, 0.25) is 0 Å². The summed E-state index contributed by atoms with van der Waals surface area (Å²) in [5, 5.41) is 36.0. The molecule has 0 aliphatic rings. The van der Waals surface area contributed by atoms with Gasteiger partial charge in [-0.05, 0) is 12.8 Å². The SMILES string of the molecule is CCC(C(=O)O)C(C(=O)O)C(CC(C)C(=O)O)C(=O)O. The lowest BCUT2D eigenvalue weighted by atomic mass is 9.76. The van der Waals surface area contributed by atoms with Gasteiger partial charge in [-0.3, -0.25) is 19.2 Å². The summed E-state index contributed by atoms with van der Waals surface area (Å²) in [7, 11) is 0. The van der Waals surface area contributed by atoms with Crippen LogP contribution in [0.15, 0.2) is 0 Å². The highest BCUT2D eigenvalue weighted by atomic mass is 16.4. The summed E-state index contributed by atoms with van der Waals surface area (Å²) in [4.78, 5) is 44.2. The molecule has 0 aromatic heterocycles. The van der Waals surface area contributed by atoms with E-state index in [9.17, 15) is 19.2 Å². The van der Waals surface area contributed by atoms with Gasteiger partial charge in [0.25, 0.3) is 0 Å². The van der Waals surface area contributed by atoms with Crippen molar-refractivity contribution in [3.05, 3.63) is 0 Å². The summed E-state index contributed by atoms with van der Waals surface area (Å²) in [6.07, 6.45) is -0.497. The smallest absolute Gasteiger partial charge is 0.308 e. The fourth-order valence-electron chi connectivity index (χ4n) is 2.09. The van der Waals surface area contributed by atoms with Gasteiger partial charge < -0.3 is 20.4 Å². The van der Waals surface area contributed by atoms with Crippen molar-refractivity contribution in [2.75, 3.05) is 0 Å². The van der Waals surface area contributed by atoms with Gasteiger partial charge in [-0.2, -0.15) is 0 Å². The van der Waals surface area contributed by atoms with Crippen LogP contribution < -0.4 is 0 Å². The highest BCUT2D eigenvalue weighted by Crippen LogP contribution is 2.30. The molecule has 0 bridgehead atoms. The molecule has 20 heavy (non-hydrogen) atoms. The predicted molar refractivity (Wildman–Crippen MR) is 65.1 cm³/mol. The Morgan fingerprint density at radius 3 is 1.50 bits per heavy atom. The molecule has 0 aromatic carbocycles. The normalized spacial score (nSPS) is 16.7. The van der Waals surface area contributed by atoms with E-state index in [1.54, 1.807) is 0 Å². The minimum absolute atomic E-state index is 0.0580. The minimum atomic E-state index is -1.67. The summed E-state index contributed by atoms with van der Waals surface area (Å²) in [5.41, 5.74) is 0. The van der Waals surface area contributed by atoms with Crippen LogP contribution in [0.3, 0.4) is 0 Å². The maximum atomic E-state index is 11.2. The minimum Gasteiger partial charge on any atom is -0.481 e. The number of carboxylic acids is 4. The van der Waals surface area contributed by atoms with Crippen molar-refractivity contribution in [1.82, 2.24) is 0 Å². The second-order valence-corrected chi connectivity index (χ2v) is 4.64. The highest BCUT2D eigenvalue weighted by molar-refractivity contribution is 5.85. The van der Waals surface area contributed by atoms with Crippen molar-refractivity contribution < 1.29 is 39.6 Å². The number of aliphatic carboxylic acids is 4. The standard InChI is InChI=1S/C12H18O8/c1-3-6(10(15)16)8(12(19)20)7(11(17)18)4-5(2)9(13)14/h5-8H,3-4H2,1-2H3,(H,13,14)(H,15,16)(H,17,18)(H,19,20). The molecule has 0 radical (unpaired) electrons. The van der Waals surface area contributed by atoms with Gasteiger partial charge in [0, 0.05) is 0 Å². The molecule has 0 saturated heterocycles. The fraction of sp³-hybridized carbons (Fsp3) is 0.667. The summed E-state index contributed by atoms with van der Waals surface area (Å²) in [6.45, 7) is 2.69. The first-order chi connectivity index (χ1) is 9.13. The summed E-state index contributed by atoms with van der Waals surface area (Å²) in [5.74, 6) is -11.4. The van der Waals surface area contributed by atoms with Crippen LogP contribution in [0, 0.1) is 23.7 Å². The predicted octanol–water partition coefficient (Wildman–Crippen LogP) is 0.610. The van der Waals surface area contributed by atoms with Crippen molar-refractivity contribution in [3.8, 4) is 0 Å². The van der Waals surface area contributed by atoms with Gasteiger partial charge in [-0.25, -0.2) is 0 Å². The molecular formula is C12H18O8. The lowest BCUT2D eigenvalue weighted by Gasteiger charge is -2.26. The summed E-state index contributed by atoms with van der Waals surface area (Å²) in [6, 6.07) is 0. The van der Waals surface area contributed by atoms with Crippen molar-refractivity contribution in [2.45, 2.75) is 26.7 Å². The topological polar surface area (TPSA) is 149 Å². The molecular weight excluding hydrogens is 272 g/mol. The van der Waals surface area contributed by atoms with Crippen molar-refractivity contribution in [3.63, 3.8) is 0 Å².